The van der Waals surface area contributed by atoms with Gasteiger partial charge in [-0.3, -0.25) is 14.1 Å². The summed E-state index contributed by atoms with van der Waals surface area (Å²) in [4.78, 5) is 0.0935. The number of hydrogen-bond acceptors (Lipinski definition) is 4. The number of halogens is 1. The number of hydrogen-bond donors (Lipinski definition) is 1. The lowest BCUT2D eigenvalue weighted by atomic mass is 10.2. The number of aromatic nitrogens is 4. The Balaban J connectivity index is 1.88. The number of nitrogens with zero attached hydrogens (tertiary/aromatic N) is 4. The monoisotopic (exact) mass is 377 g/mol. The number of aryl methyl sites for hydroxylation is 2. The molecule has 0 amide bonds. The summed E-state index contributed by atoms with van der Waals surface area (Å²) in [6, 6.07) is 6.23. The van der Waals surface area contributed by atoms with Gasteiger partial charge in [0, 0.05) is 12.7 Å². The van der Waals surface area contributed by atoms with E-state index in [-0.39, 0.29) is 10.7 Å². The van der Waals surface area contributed by atoms with Crippen molar-refractivity contribution in [2.75, 3.05) is 4.72 Å². The highest BCUT2D eigenvalue weighted by Crippen LogP contribution is 2.24. The molecule has 9 heteroatoms. The molecular weight excluding hydrogens is 357 g/mol. The lowest BCUT2D eigenvalue weighted by Gasteiger charge is -2.08. The Labute approximate surface area is 151 Å². The van der Waals surface area contributed by atoms with Crippen molar-refractivity contribution in [1.82, 2.24) is 19.6 Å². The SMILES string of the molecule is CCn1cc(S(=O)(=O)Nc2c(C)nn(Cc3cccc(F)c3)c2C)cn1. The summed E-state index contributed by atoms with van der Waals surface area (Å²) in [6.07, 6.45) is 2.79. The van der Waals surface area contributed by atoms with E-state index >= 15 is 0 Å². The fourth-order valence-electron chi connectivity index (χ4n) is 2.66. The van der Waals surface area contributed by atoms with Crippen molar-refractivity contribution in [3.8, 4) is 0 Å². The average molecular weight is 377 g/mol. The van der Waals surface area contributed by atoms with Crippen LogP contribution in [0.2, 0.25) is 0 Å². The lowest BCUT2D eigenvalue weighted by Crippen LogP contribution is -2.14. The van der Waals surface area contributed by atoms with Crippen LogP contribution in [-0.4, -0.2) is 28.0 Å². The van der Waals surface area contributed by atoms with E-state index in [0.717, 1.165) is 5.56 Å². The molecule has 1 aromatic carbocycles. The van der Waals surface area contributed by atoms with Gasteiger partial charge < -0.3 is 0 Å². The predicted molar refractivity (Wildman–Crippen MR) is 95.9 cm³/mol. The van der Waals surface area contributed by atoms with Crippen LogP contribution in [0, 0.1) is 19.7 Å². The Kier molecular flexibility index (Phi) is 4.82. The second-order valence-electron chi connectivity index (χ2n) is 5.97. The zero-order valence-corrected chi connectivity index (χ0v) is 15.6. The Morgan fingerprint density at radius 2 is 2.04 bits per heavy atom. The molecule has 0 atom stereocenters. The van der Waals surface area contributed by atoms with Crippen molar-refractivity contribution in [2.24, 2.45) is 0 Å². The molecule has 0 radical (unpaired) electrons. The summed E-state index contributed by atoms with van der Waals surface area (Å²) in [7, 11) is -3.76. The number of anilines is 1. The van der Waals surface area contributed by atoms with Gasteiger partial charge in [-0.15, -0.1) is 0 Å². The molecule has 0 bridgehead atoms. The molecule has 138 valence electrons. The third-order valence-electron chi connectivity index (χ3n) is 4.08. The highest BCUT2D eigenvalue weighted by molar-refractivity contribution is 7.92. The minimum atomic E-state index is -3.76. The average Bonchev–Trinajstić information content (AvgIpc) is 3.17. The first-order valence-corrected chi connectivity index (χ1v) is 9.62. The summed E-state index contributed by atoms with van der Waals surface area (Å²) in [5.41, 5.74) is 2.36. The summed E-state index contributed by atoms with van der Waals surface area (Å²) in [5, 5.41) is 8.38. The van der Waals surface area contributed by atoms with Gasteiger partial charge in [-0.05, 0) is 38.5 Å². The second-order valence-corrected chi connectivity index (χ2v) is 7.65. The molecular formula is C17H20FN5O2S. The van der Waals surface area contributed by atoms with E-state index in [0.29, 0.717) is 30.2 Å². The predicted octanol–water partition coefficient (Wildman–Crippen LogP) is 2.70. The first kappa shape index (κ1) is 18.1. The third kappa shape index (κ3) is 3.62. The van der Waals surface area contributed by atoms with E-state index in [9.17, 15) is 12.8 Å². The maximum atomic E-state index is 13.4. The van der Waals surface area contributed by atoms with Crippen LogP contribution in [0.15, 0.2) is 41.6 Å². The first-order valence-electron chi connectivity index (χ1n) is 8.14. The minimum Gasteiger partial charge on any atom is -0.276 e. The van der Waals surface area contributed by atoms with E-state index in [1.165, 1.54) is 24.5 Å². The summed E-state index contributed by atoms with van der Waals surface area (Å²) in [6.45, 7) is 6.30. The zero-order chi connectivity index (χ0) is 18.9. The van der Waals surface area contributed by atoms with Crippen molar-refractivity contribution in [3.63, 3.8) is 0 Å². The lowest BCUT2D eigenvalue weighted by molar-refractivity contribution is 0.600. The van der Waals surface area contributed by atoms with Crippen LogP contribution < -0.4 is 4.72 Å². The quantitative estimate of drug-likeness (QED) is 0.716. The van der Waals surface area contributed by atoms with Gasteiger partial charge in [0.1, 0.15) is 10.7 Å². The molecule has 0 spiro atoms. The highest BCUT2D eigenvalue weighted by atomic mass is 32.2. The van der Waals surface area contributed by atoms with Gasteiger partial charge >= 0.3 is 0 Å². The molecule has 0 aliphatic carbocycles. The molecule has 2 heterocycles. The molecule has 0 fully saturated rings. The van der Waals surface area contributed by atoms with Crippen LogP contribution >= 0.6 is 0 Å². The molecule has 1 N–H and O–H groups in total. The number of nitrogens with one attached hydrogen (secondary N) is 1. The van der Waals surface area contributed by atoms with Crippen LogP contribution in [0.3, 0.4) is 0 Å². The maximum absolute atomic E-state index is 13.4. The molecule has 7 nitrogen and oxygen atoms in total. The van der Waals surface area contributed by atoms with Crippen molar-refractivity contribution in [3.05, 3.63) is 59.4 Å². The van der Waals surface area contributed by atoms with Crippen LogP contribution in [0.25, 0.3) is 0 Å². The summed E-state index contributed by atoms with van der Waals surface area (Å²) < 4.78 is 44.3. The van der Waals surface area contributed by atoms with Crippen LogP contribution in [0.5, 0.6) is 0 Å². The van der Waals surface area contributed by atoms with Gasteiger partial charge in [-0.2, -0.15) is 10.2 Å². The third-order valence-corrected chi connectivity index (χ3v) is 5.39. The Bertz CT molecular complexity index is 1040. The summed E-state index contributed by atoms with van der Waals surface area (Å²) >= 11 is 0. The van der Waals surface area contributed by atoms with E-state index in [1.807, 2.05) is 6.92 Å². The molecule has 3 rings (SSSR count). The topological polar surface area (TPSA) is 81.8 Å². The Hall–Kier alpha value is -2.68. The van der Waals surface area contributed by atoms with Gasteiger partial charge in [0.05, 0.1) is 29.8 Å². The molecule has 0 aliphatic rings. The van der Waals surface area contributed by atoms with E-state index < -0.39 is 10.0 Å². The number of benzene rings is 1. The van der Waals surface area contributed by atoms with Gasteiger partial charge in [0.2, 0.25) is 0 Å². The van der Waals surface area contributed by atoms with Gasteiger partial charge in [-0.1, -0.05) is 12.1 Å². The van der Waals surface area contributed by atoms with Crippen molar-refractivity contribution >= 4 is 15.7 Å². The fraction of sp³-hybridized carbons (Fsp3) is 0.294. The molecule has 0 unspecified atom stereocenters. The normalized spacial score (nSPS) is 11.7. The number of sulfonamides is 1. The van der Waals surface area contributed by atoms with Gasteiger partial charge in [0.25, 0.3) is 10.0 Å². The van der Waals surface area contributed by atoms with E-state index in [1.54, 1.807) is 35.3 Å². The van der Waals surface area contributed by atoms with E-state index in [2.05, 4.69) is 14.9 Å². The van der Waals surface area contributed by atoms with Gasteiger partial charge in [0.15, 0.2) is 0 Å². The summed E-state index contributed by atoms with van der Waals surface area (Å²) in [5.74, 6) is -0.321. The highest BCUT2D eigenvalue weighted by Gasteiger charge is 2.21. The standard InChI is InChI=1S/C17H20FN5O2S/c1-4-22-11-16(9-19-22)26(24,25)21-17-12(2)20-23(13(17)3)10-14-6-5-7-15(18)8-14/h5-9,11,21H,4,10H2,1-3H3. The molecule has 2 aromatic heterocycles. The van der Waals surface area contributed by atoms with Gasteiger partial charge in [-0.25, -0.2) is 12.8 Å². The van der Waals surface area contributed by atoms with Crippen LogP contribution in [0.1, 0.15) is 23.9 Å². The molecule has 0 saturated carbocycles. The van der Waals surface area contributed by atoms with Crippen molar-refractivity contribution < 1.29 is 12.8 Å². The molecule has 26 heavy (non-hydrogen) atoms. The maximum Gasteiger partial charge on any atom is 0.265 e. The van der Waals surface area contributed by atoms with Crippen LogP contribution in [0.4, 0.5) is 10.1 Å². The molecule has 3 aromatic rings. The zero-order valence-electron chi connectivity index (χ0n) is 14.8. The molecule has 0 aliphatic heterocycles. The number of rotatable bonds is 6. The largest absolute Gasteiger partial charge is 0.276 e. The second kappa shape index (κ2) is 6.91. The fourth-order valence-corrected chi connectivity index (χ4v) is 3.78. The van der Waals surface area contributed by atoms with Crippen molar-refractivity contribution in [2.45, 2.75) is 38.8 Å². The van der Waals surface area contributed by atoms with Crippen LogP contribution in [-0.2, 0) is 23.1 Å². The van der Waals surface area contributed by atoms with E-state index in [4.69, 9.17) is 0 Å². The Morgan fingerprint density at radius 1 is 1.27 bits per heavy atom. The smallest absolute Gasteiger partial charge is 0.265 e. The van der Waals surface area contributed by atoms with Crippen molar-refractivity contribution in [1.29, 1.82) is 0 Å². The Morgan fingerprint density at radius 3 is 2.69 bits per heavy atom. The first-order chi connectivity index (χ1) is 12.3. The minimum absolute atomic E-state index is 0.0935. The molecule has 0 saturated heterocycles.